The first-order valence-corrected chi connectivity index (χ1v) is 8.50. The van der Waals surface area contributed by atoms with E-state index >= 15 is 0 Å². The van der Waals surface area contributed by atoms with Crippen molar-refractivity contribution >= 4 is 23.5 Å². The summed E-state index contributed by atoms with van der Waals surface area (Å²) >= 11 is 5.97. The van der Waals surface area contributed by atoms with E-state index in [9.17, 15) is 4.79 Å². The van der Waals surface area contributed by atoms with Crippen molar-refractivity contribution in [2.45, 2.75) is 45.1 Å². The zero-order chi connectivity index (χ0) is 16.1. The molecule has 0 bridgehead atoms. The zero-order valence-electron chi connectivity index (χ0n) is 13.0. The summed E-state index contributed by atoms with van der Waals surface area (Å²) in [5.74, 6) is 1.08. The van der Waals surface area contributed by atoms with E-state index < -0.39 is 0 Å². The van der Waals surface area contributed by atoms with Crippen LogP contribution in [0.3, 0.4) is 0 Å². The molecule has 2 aromatic rings. The van der Waals surface area contributed by atoms with E-state index in [1.807, 2.05) is 24.3 Å². The van der Waals surface area contributed by atoms with Crippen molar-refractivity contribution in [1.29, 1.82) is 0 Å². The summed E-state index contributed by atoms with van der Waals surface area (Å²) in [6.45, 7) is 0.575. The maximum atomic E-state index is 12.0. The van der Waals surface area contributed by atoms with Gasteiger partial charge in [-0.2, -0.15) is 0 Å². The van der Waals surface area contributed by atoms with E-state index in [-0.39, 0.29) is 5.91 Å². The lowest BCUT2D eigenvalue weighted by Gasteiger charge is -2.07. The molecule has 122 valence electrons. The topological polar surface area (TPSA) is 59.8 Å². The Labute approximate surface area is 141 Å². The predicted octanol–water partition coefficient (Wildman–Crippen LogP) is 3.89. The fourth-order valence-electron chi connectivity index (χ4n) is 3.07. The third kappa shape index (κ3) is 4.79. The van der Waals surface area contributed by atoms with E-state index in [4.69, 9.17) is 11.6 Å². The molecule has 5 nitrogen and oxygen atoms in total. The molecule has 0 unspecified atom stereocenters. The van der Waals surface area contributed by atoms with Crippen molar-refractivity contribution in [3.63, 3.8) is 0 Å². The van der Waals surface area contributed by atoms with E-state index in [0.29, 0.717) is 29.9 Å². The van der Waals surface area contributed by atoms with Crippen LogP contribution in [0.4, 0.5) is 5.95 Å². The number of hydrogen-bond donors (Lipinski definition) is 1. The van der Waals surface area contributed by atoms with Gasteiger partial charge < -0.3 is 0 Å². The van der Waals surface area contributed by atoms with Gasteiger partial charge in [-0.1, -0.05) is 49.4 Å². The lowest BCUT2D eigenvalue weighted by atomic mass is 10.0. The summed E-state index contributed by atoms with van der Waals surface area (Å²) in [6, 6.07) is 7.61. The Morgan fingerprint density at radius 3 is 2.96 bits per heavy atom. The molecule has 1 aliphatic rings. The molecule has 1 aromatic heterocycles. The van der Waals surface area contributed by atoms with E-state index in [1.54, 1.807) is 11.0 Å². The van der Waals surface area contributed by atoms with Crippen molar-refractivity contribution in [3.05, 3.63) is 41.2 Å². The van der Waals surface area contributed by atoms with Gasteiger partial charge in [-0.25, -0.2) is 9.67 Å². The number of benzene rings is 1. The van der Waals surface area contributed by atoms with Crippen molar-refractivity contribution in [3.8, 4) is 0 Å². The summed E-state index contributed by atoms with van der Waals surface area (Å²) in [6.07, 6.45) is 8.28. The van der Waals surface area contributed by atoms with Crippen molar-refractivity contribution in [1.82, 2.24) is 14.8 Å². The summed E-state index contributed by atoms with van der Waals surface area (Å²) in [5.41, 5.74) is 1.04. The number of nitrogens with zero attached hydrogens (tertiary/aromatic N) is 3. The van der Waals surface area contributed by atoms with Crippen LogP contribution in [0.2, 0.25) is 5.02 Å². The Hall–Kier alpha value is -1.88. The Kier molecular flexibility index (Phi) is 5.28. The molecule has 1 heterocycles. The second kappa shape index (κ2) is 7.59. The molecule has 1 amide bonds. The molecule has 0 saturated heterocycles. The zero-order valence-corrected chi connectivity index (χ0v) is 13.8. The molecular weight excluding hydrogens is 312 g/mol. The highest BCUT2D eigenvalue weighted by Crippen LogP contribution is 2.28. The van der Waals surface area contributed by atoms with E-state index in [0.717, 1.165) is 12.0 Å². The smallest absolute Gasteiger partial charge is 0.248 e. The first kappa shape index (κ1) is 16.0. The predicted molar refractivity (Wildman–Crippen MR) is 90.4 cm³/mol. The van der Waals surface area contributed by atoms with E-state index in [2.05, 4.69) is 15.4 Å². The highest BCUT2D eigenvalue weighted by Gasteiger charge is 2.16. The molecule has 23 heavy (non-hydrogen) atoms. The van der Waals surface area contributed by atoms with Crippen LogP contribution < -0.4 is 5.32 Å². The van der Waals surface area contributed by atoms with Gasteiger partial charge in [0, 0.05) is 11.4 Å². The van der Waals surface area contributed by atoms with Crippen LogP contribution in [-0.2, 0) is 11.3 Å². The summed E-state index contributed by atoms with van der Waals surface area (Å²) in [7, 11) is 0. The third-order valence-corrected chi connectivity index (χ3v) is 4.51. The molecule has 1 saturated carbocycles. The second-order valence-corrected chi connectivity index (χ2v) is 6.57. The van der Waals surface area contributed by atoms with Crippen molar-refractivity contribution in [2.24, 2.45) is 5.92 Å². The molecule has 1 fully saturated rings. The minimum Gasteiger partial charge on any atom is -0.293 e. The first-order valence-electron chi connectivity index (χ1n) is 8.13. The average molecular weight is 333 g/mol. The number of anilines is 1. The van der Waals surface area contributed by atoms with Crippen LogP contribution in [-0.4, -0.2) is 20.7 Å². The van der Waals surface area contributed by atoms with Gasteiger partial charge in [0.1, 0.15) is 6.33 Å². The van der Waals surface area contributed by atoms with Crippen LogP contribution in [0.25, 0.3) is 0 Å². The molecule has 0 radical (unpaired) electrons. The number of nitrogens with one attached hydrogen (secondary N) is 1. The van der Waals surface area contributed by atoms with Gasteiger partial charge in [-0.05, 0) is 30.0 Å². The number of carbonyl (C=O) groups is 1. The monoisotopic (exact) mass is 332 g/mol. The van der Waals surface area contributed by atoms with Gasteiger partial charge in [0.15, 0.2) is 0 Å². The summed E-state index contributed by atoms with van der Waals surface area (Å²) in [4.78, 5) is 16.1. The van der Waals surface area contributed by atoms with Gasteiger partial charge in [-0.15, -0.1) is 5.10 Å². The van der Waals surface area contributed by atoms with Crippen molar-refractivity contribution < 1.29 is 4.79 Å². The average Bonchev–Trinajstić information content (AvgIpc) is 3.17. The Balaban J connectivity index is 1.49. The number of aromatic nitrogens is 3. The maximum absolute atomic E-state index is 12.0. The summed E-state index contributed by atoms with van der Waals surface area (Å²) < 4.78 is 1.69. The normalized spacial score (nSPS) is 15.0. The van der Waals surface area contributed by atoms with Crippen LogP contribution >= 0.6 is 11.6 Å². The van der Waals surface area contributed by atoms with Crippen molar-refractivity contribution in [2.75, 3.05) is 5.32 Å². The highest BCUT2D eigenvalue weighted by atomic mass is 35.5. The van der Waals surface area contributed by atoms with Crippen LogP contribution in [0.15, 0.2) is 30.6 Å². The number of rotatable bonds is 6. The number of carbonyl (C=O) groups excluding carboxylic acids is 1. The van der Waals surface area contributed by atoms with Gasteiger partial charge in [-0.3, -0.25) is 10.1 Å². The summed E-state index contributed by atoms with van der Waals surface area (Å²) in [5, 5.41) is 7.76. The Morgan fingerprint density at radius 2 is 2.17 bits per heavy atom. The largest absolute Gasteiger partial charge is 0.293 e. The van der Waals surface area contributed by atoms with E-state index in [1.165, 1.54) is 25.7 Å². The number of halogens is 1. The third-order valence-electron chi connectivity index (χ3n) is 4.28. The minimum atomic E-state index is -0.00240. The Bertz CT molecular complexity index is 664. The highest BCUT2D eigenvalue weighted by molar-refractivity contribution is 6.30. The molecule has 1 N–H and O–H groups in total. The van der Waals surface area contributed by atoms with Gasteiger partial charge in [0.2, 0.25) is 11.9 Å². The fourth-order valence-corrected chi connectivity index (χ4v) is 3.28. The van der Waals surface area contributed by atoms with Gasteiger partial charge >= 0.3 is 0 Å². The van der Waals surface area contributed by atoms with Crippen LogP contribution in [0, 0.1) is 5.92 Å². The molecule has 1 aliphatic carbocycles. The molecular formula is C17H21ClN4O. The maximum Gasteiger partial charge on any atom is 0.248 e. The molecule has 3 rings (SSSR count). The molecule has 6 heteroatoms. The molecule has 1 aromatic carbocycles. The standard InChI is InChI=1S/C17H21ClN4O/c18-15-7-3-6-14(10-15)11-22-12-19-17(21-22)20-16(23)9-8-13-4-1-2-5-13/h3,6-7,10,12-13H,1-2,4-5,8-9,11H2,(H,20,21,23). The van der Waals surface area contributed by atoms with Gasteiger partial charge in [0.05, 0.1) is 6.54 Å². The molecule has 0 spiro atoms. The number of amides is 1. The molecule has 0 atom stereocenters. The number of hydrogen-bond acceptors (Lipinski definition) is 3. The first-order chi connectivity index (χ1) is 11.2. The quantitative estimate of drug-likeness (QED) is 0.873. The lowest BCUT2D eigenvalue weighted by Crippen LogP contribution is -2.14. The van der Waals surface area contributed by atoms with Crippen LogP contribution in [0.1, 0.15) is 44.1 Å². The van der Waals surface area contributed by atoms with Crippen LogP contribution in [0.5, 0.6) is 0 Å². The van der Waals surface area contributed by atoms with Gasteiger partial charge in [0.25, 0.3) is 0 Å². The molecule has 0 aliphatic heterocycles. The second-order valence-electron chi connectivity index (χ2n) is 6.13. The SMILES string of the molecule is O=C(CCC1CCCC1)Nc1ncn(Cc2cccc(Cl)c2)n1. The Morgan fingerprint density at radius 1 is 1.35 bits per heavy atom. The fraction of sp³-hybridized carbons (Fsp3) is 0.471. The lowest BCUT2D eigenvalue weighted by molar-refractivity contribution is -0.116. The minimum absolute atomic E-state index is 0.00240.